The molecule has 2 aromatic rings. The number of ketones is 1. The largest absolute Gasteiger partial charge is 0.407 e. The third kappa shape index (κ3) is 6.82. The van der Waals surface area contributed by atoms with Gasteiger partial charge in [0.2, 0.25) is 0 Å². The lowest BCUT2D eigenvalue weighted by Gasteiger charge is -2.27. The fourth-order valence-electron chi connectivity index (χ4n) is 3.46. The Morgan fingerprint density at radius 2 is 1.88 bits per heavy atom. The number of sulfone groups is 1. The highest BCUT2D eigenvalue weighted by atomic mass is 32.2. The first-order chi connectivity index (χ1) is 15.4. The Bertz CT molecular complexity index is 1130. The number of nitrogens with zero attached hydrogens (tertiary/aromatic N) is 2. The van der Waals surface area contributed by atoms with E-state index < -0.39 is 56.6 Å². The molecule has 0 spiro atoms. The molecule has 176 valence electrons. The molecule has 2 atom stereocenters. The van der Waals surface area contributed by atoms with E-state index >= 15 is 0 Å². The van der Waals surface area contributed by atoms with Crippen molar-refractivity contribution in [2.45, 2.75) is 43.3 Å². The van der Waals surface area contributed by atoms with E-state index in [9.17, 15) is 36.0 Å². The van der Waals surface area contributed by atoms with E-state index in [0.717, 1.165) is 24.3 Å². The average Bonchev–Trinajstić information content (AvgIpc) is 3.51. The summed E-state index contributed by atoms with van der Waals surface area (Å²) in [7, 11) is -4.03. The molecular formula is C22H21F4N3O3S. The number of benzene rings is 1. The van der Waals surface area contributed by atoms with Crippen LogP contribution in [0.4, 0.5) is 17.6 Å². The molecule has 0 amide bonds. The number of alkyl halides is 3. The van der Waals surface area contributed by atoms with Crippen LogP contribution < -0.4 is 5.32 Å². The van der Waals surface area contributed by atoms with Gasteiger partial charge in [0.05, 0.1) is 29.0 Å². The molecule has 0 aliphatic heterocycles. The Balaban J connectivity index is 1.89. The molecule has 1 saturated carbocycles. The lowest BCUT2D eigenvalue weighted by molar-refractivity contribution is -0.160. The fourth-order valence-corrected chi connectivity index (χ4v) is 5.04. The van der Waals surface area contributed by atoms with Crippen molar-refractivity contribution in [2.75, 3.05) is 5.75 Å². The van der Waals surface area contributed by atoms with Crippen molar-refractivity contribution in [3.63, 3.8) is 0 Å². The average molecular weight is 483 g/mol. The molecule has 6 nitrogen and oxygen atoms in total. The summed E-state index contributed by atoms with van der Waals surface area (Å²) >= 11 is 0. The van der Waals surface area contributed by atoms with Crippen LogP contribution in [0, 0.1) is 22.6 Å². The van der Waals surface area contributed by atoms with Gasteiger partial charge in [-0.05, 0) is 42.2 Å². The second-order valence-corrected chi connectivity index (χ2v) is 10.3. The van der Waals surface area contributed by atoms with Gasteiger partial charge in [-0.3, -0.25) is 15.1 Å². The van der Waals surface area contributed by atoms with Crippen molar-refractivity contribution in [2.24, 2.45) is 5.41 Å². The molecule has 0 radical (unpaired) electrons. The minimum absolute atomic E-state index is 0.324. The van der Waals surface area contributed by atoms with E-state index in [4.69, 9.17) is 0 Å². The summed E-state index contributed by atoms with van der Waals surface area (Å²) in [6.07, 6.45) is -1.64. The van der Waals surface area contributed by atoms with Crippen LogP contribution in [0.2, 0.25) is 0 Å². The third-order valence-corrected chi connectivity index (χ3v) is 7.03. The number of rotatable bonds is 10. The summed E-state index contributed by atoms with van der Waals surface area (Å²) in [5.74, 6) is -2.94. The van der Waals surface area contributed by atoms with Gasteiger partial charge in [-0.2, -0.15) is 18.4 Å². The quantitative estimate of drug-likeness (QED) is 0.518. The van der Waals surface area contributed by atoms with Crippen LogP contribution in [0.5, 0.6) is 0 Å². The van der Waals surface area contributed by atoms with Crippen molar-refractivity contribution < 1.29 is 30.8 Å². The number of aromatic nitrogens is 1. The number of carbonyl (C=O) groups excluding carboxylic acids is 1. The summed E-state index contributed by atoms with van der Waals surface area (Å²) in [5, 5.41) is 11.4. The maximum Gasteiger partial charge on any atom is 0.407 e. The molecule has 1 aliphatic rings. The zero-order valence-corrected chi connectivity index (χ0v) is 18.2. The first kappa shape index (κ1) is 24.8. The zero-order valence-electron chi connectivity index (χ0n) is 17.3. The summed E-state index contributed by atoms with van der Waals surface area (Å²) < 4.78 is 80.3. The van der Waals surface area contributed by atoms with Gasteiger partial charge in [0.25, 0.3) is 0 Å². The van der Waals surface area contributed by atoms with Crippen LogP contribution in [-0.4, -0.2) is 37.2 Å². The normalized spacial score (nSPS) is 17.1. The van der Waals surface area contributed by atoms with Crippen molar-refractivity contribution in [3.05, 3.63) is 65.7 Å². The number of halogens is 4. The molecule has 1 aromatic carbocycles. The van der Waals surface area contributed by atoms with E-state index in [1.54, 1.807) is 0 Å². The molecule has 3 rings (SSSR count). The van der Waals surface area contributed by atoms with Gasteiger partial charge in [0, 0.05) is 18.8 Å². The van der Waals surface area contributed by atoms with E-state index in [1.807, 2.05) is 6.07 Å². The van der Waals surface area contributed by atoms with Crippen LogP contribution >= 0.6 is 0 Å². The molecule has 11 heteroatoms. The first-order valence-electron chi connectivity index (χ1n) is 10.0. The SMILES string of the molecule is N#CC1(CC(=O)[C@H](CS(=O)(=O)Cc2cccnc2)N[C@@H](c2ccc(F)cc2)C(F)(F)F)CC1. The van der Waals surface area contributed by atoms with Gasteiger partial charge in [-0.15, -0.1) is 0 Å². The molecular weight excluding hydrogens is 462 g/mol. The topological polar surface area (TPSA) is 99.9 Å². The second-order valence-electron chi connectivity index (χ2n) is 8.20. The van der Waals surface area contributed by atoms with Gasteiger partial charge in [0.1, 0.15) is 11.9 Å². The number of hydrogen-bond donors (Lipinski definition) is 1. The lowest BCUT2D eigenvalue weighted by Crippen LogP contribution is -2.48. The van der Waals surface area contributed by atoms with E-state index in [0.29, 0.717) is 18.4 Å². The minimum atomic E-state index is -4.89. The van der Waals surface area contributed by atoms with Gasteiger partial charge >= 0.3 is 6.18 Å². The van der Waals surface area contributed by atoms with Gasteiger partial charge in [-0.1, -0.05) is 18.2 Å². The van der Waals surface area contributed by atoms with Crippen LogP contribution in [0.15, 0.2) is 48.8 Å². The van der Waals surface area contributed by atoms with Crippen molar-refractivity contribution in [3.8, 4) is 6.07 Å². The van der Waals surface area contributed by atoms with E-state index in [2.05, 4.69) is 10.3 Å². The molecule has 1 N–H and O–H groups in total. The van der Waals surface area contributed by atoms with Crippen molar-refractivity contribution in [1.29, 1.82) is 5.26 Å². The number of pyridine rings is 1. The zero-order chi connectivity index (χ0) is 24.3. The molecule has 33 heavy (non-hydrogen) atoms. The molecule has 0 saturated heterocycles. The fraction of sp³-hybridized carbons (Fsp3) is 0.409. The number of Topliss-reactive ketones (excluding diaryl/α,β-unsaturated/α-hetero) is 1. The van der Waals surface area contributed by atoms with Gasteiger partial charge in [-0.25, -0.2) is 12.8 Å². The Hall–Kier alpha value is -2.84. The van der Waals surface area contributed by atoms with Crippen molar-refractivity contribution >= 4 is 15.6 Å². The van der Waals surface area contributed by atoms with Crippen LogP contribution in [0.1, 0.15) is 36.4 Å². The highest BCUT2D eigenvalue weighted by Gasteiger charge is 2.48. The molecule has 1 heterocycles. The minimum Gasteiger partial charge on any atom is -0.298 e. The molecule has 1 aliphatic carbocycles. The first-order valence-corrected chi connectivity index (χ1v) is 11.9. The predicted molar refractivity (Wildman–Crippen MR) is 111 cm³/mol. The molecule has 1 aromatic heterocycles. The summed E-state index contributed by atoms with van der Waals surface area (Å²) in [4.78, 5) is 16.7. The molecule has 0 unspecified atom stereocenters. The number of hydrogen-bond acceptors (Lipinski definition) is 6. The Morgan fingerprint density at radius 1 is 1.21 bits per heavy atom. The standard InChI is InChI=1S/C22H21F4N3O3S/c23-17-5-3-16(4-6-17)20(22(24,25)26)29-18(19(30)10-21(14-27)7-8-21)13-33(31,32)12-15-2-1-9-28-11-15/h1-6,9,11,18,20,29H,7-8,10,12-13H2/t18-,20-/m0/s1. The number of carbonyl (C=O) groups is 1. The monoisotopic (exact) mass is 483 g/mol. The van der Waals surface area contributed by atoms with Crippen LogP contribution in [0.25, 0.3) is 0 Å². The molecule has 1 fully saturated rings. The number of nitrogens with one attached hydrogen (secondary N) is 1. The van der Waals surface area contributed by atoms with Crippen LogP contribution in [0.3, 0.4) is 0 Å². The second kappa shape index (κ2) is 9.57. The summed E-state index contributed by atoms with van der Waals surface area (Å²) in [5.41, 5.74) is -1.01. The maximum absolute atomic E-state index is 13.8. The summed E-state index contributed by atoms with van der Waals surface area (Å²) in [6, 6.07) is 4.43. The molecule has 0 bridgehead atoms. The summed E-state index contributed by atoms with van der Waals surface area (Å²) in [6.45, 7) is 0. The maximum atomic E-state index is 13.8. The van der Waals surface area contributed by atoms with Gasteiger partial charge < -0.3 is 0 Å². The highest BCUT2D eigenvalue weighted by molar-refractivity contribution is 7.90. The van der Waals surface area contributed by atoms with E-state index in [1.165, 1.54) is 24.5 Å². The van der Waals surface area contributed by atoms with Crippen molar-refractivity contribution in [1.82, 2.24) is 10.3 Å². The third-order valence-electron chi connectivity index (χ3n) is 5.42. The smallest absolute Gasteiger partial charge is 0.298 e. The predicted octanol–water partition coefficient (Wildman–Crippen LogP) is 3.66. The number of nitriles is 1. The Labute approximate surface area is 188 Å². The highest BCUT2D eigenvalue weighted by Crippen LogP contribution is 2.48. The van der Waals surface area contributed by atoms with Gasteiger partial charge in [0.15, 0.2) is 15.6 Å². The van der Waals surface area contributed by atoms with E-state index in [-0.39, 0.29) is 12.0 Å². The Morgan fingerprint density at radius 3 is 2.39 bits per heavy atom. The van der Waals surface area contributed by atoms with Crippen LogP contribution in [-0.2, 0) is 20.4 Å². The lowest BCUT2D eigenvalue weighted by atomic mass is 9.96. The Kier molecular flexibility index (Phi) is 7.19.